The minimum absolute atomic E-state index is 0.00694. The van der Waals surface area contributed by atoms with Crippen LogP contribution in [0.2, 0.25) is 0 Å². The monoisotopic (exact) mass is 320 g/mol. The fraction of sp³-hybridized carbons (Fsp3) is 0.312. The van der Waals surface area contributed by atoms with E-state index in [-0.39, 0.29) is 12.2 Å². The van der Waals surface area contributed by atoms with Crippen molar-refractivity contribution in [3.05, 3.63) is 41.8 Å². The van der Waals surface area contributed by atoms with Crippen LogP contribution in [-0.2, 0) is 15.1 Å². The summed E-state index contributed by atoms with van der Waals surface area (Å²) >= 11 is 0. The summed E-state index contributed by atoms with van der Waals surface area (Å²) in [6.45, 7) is 4.85. The van der Waals surface area contributed by atoms with Crippen LogP contribution >= 0.6 is 0 Å². The van der Waals surface area contributed by atoms with Crippen molar-refractivity contribution in [1.82, 2.24) is 9.78 Å². The number of hydrogen-bond acceptors (Lipinski definition) is 4. The number of benzene rings is 1. The molecule has 23 heavy (non-hydrogen) atoms. The average molecular weight is 320 g/mol. The van der Waals surface area contributed by atoms with E-state index in [4.69, 9.17) is 4.74 Å². The molecule has 0 saturated heterocycles. The molecular weight excluding hydrogens is 303 g/mol. The summed E-state index contributed by atoms with van der Waals surface area (Å²) in [6, 6.07) is 5.46. The zero-order chi connectivity index (χ0) is 17.2. The number of rotatable bonds is 5. The minimum atomic E-state index is -1.14. The van der Waals surface area contributed by atoms with Gasteiger partial charge in [0.25, 0.3) is 0 Å². The van der Waals surface area contributed by atoms with E-state index < -0.39 is 23.3 Å². The SMILES string of the molecule is CC(=O)OCC(C)(C)n1ncc(C(=O)O)c1-c1ccc(F)cc1. The van der Waals surface area contributed by atoms with E-state index in [9.17, 15) is 19.1 Å². The third kappa shape index (κ3) is 3.56. The molecule has 0 aliphatic carbocycles. The largest absolute Gasteiger partial charge is 0.478 e. The summed E-state index contributed by atoms with van der Waals surface area (Å²) in [6.07, 6.45) is 1.23. The van der Waals surface area contributed by atoms with Gasteiger partial charge in [-0.2, -0.15) is 5.10 Å². The van der Waals surface area contributed by atoms with Gasteiger partial charge in [-0.25, -0.2) is 9.18 Å². The van der Waals surface area contributed by atoms with Crippen LogP contribution in [0.5, 0.6) is 0 Å². The van der Waals surface area contributed by atoms with Crippen LogP contribution in [0.15, 0.2) is 30.5 Å². The van der Waals surface area contributed by atoms with Gasteiger partial charge in [0.15, 0.2) is 0 Å². The Labute approximate surface area is 132 Å². The van der Waals surface area contributed by atoms with E-state index >= 15 is 0 Å². The topological polar surface area (TPSA) is 81.4 Å². The first-order valence-corrected chi connectivity index (χ1v) is 6.93. The summed E-state index contributed by atoms with van der Waals surface area (Å²) in [7, 11) is 0. The Morgan fingerprint density at radius 1 is 1.30 bits per heavy atom. The Morgan fingerprint density at radius 2 is 1.91 bits per heavy atom. The third-order valence-corrected chi connectivity index (χ3v) is 3.32. The van der Waals surface area contributed by atoms with Gasteiger partial charge in [-0.1, -0.05) is 0 Å². The molecular formula is C16H17FN2O4. The molecule has 122 valence electrons. The number of ether oxygens (including phenoxy) is 1. The Hall–Kier alpha value is -2.70. The van der Waals surface area contributed by atoms with E-state index in [1.165, 1.54) is 42.1 Å². The molecule has 0 unspecified atom stereocenters. The lowest BCUT2D eigenvalue weighted by Crippen LogP contribution is -2.34. The smallest absolute Gasteiger partial charge is 0.339 e. The maximum absolute atomic E-state index is 13.1. The standard InChI is InChI=1S/C16H17FN2O4/c1-10(20)23-9-16(2,3)19-14(13(8-18-19)15(21)22)11-4-6-12(17)7-5-11/h4-8H,9H2,1-3H3,(H,21,22). The van der Waals surface area contributed by atoms with Crippen molar-refractivity contribution in [2.45, 2.75) is 26.3 Å². The summed E-state index contributed by atoms with van der Waals surface area (Å²) in [5, 5.41) is 13.5. The molecule has 2 rings (SSSR count). The van der Waals surface area contributed by atoms with Crippen molar-refractivity contribution in [2.24, 2.45) is 0 Å². The Kier molecular flexibility index (Phi) is 4.49. The van der Waals surface area contributed by atoms with E-state index in [0.29, 0.717) is 11.3 Å². The average Bonchev–Trinajstić information content (AvgIpc) is 2.92. The number of aromatic carboxylic acids is 1. The number of carboxylic acid groups (broad SMARTS) is 1. The number of halogens is 1. The van der Waals surface area contributed by atoms with E-state index in [1.54, 1.807) is 13.8 Å². The zero-order valence-electron chi connectivity index (χ0n) is 13.0. The summed E-state index contributed by atoms with van der Waals surface area (Å²) in [5.74, 6) is -2.00. The highest BCUT2D eigenvalue weighted by Crippen LogP contribution is 2.29. The van der Waals surface area contributed by atoms with Gasteiger partial charge in [-0.05, 0) is 38.1 Å². The second-order valence-electron chi connectivity index (χ2n) is 5.72. The summed E-state index contributed by atoms with van der Waals surface area (Å²) in [5.41, 5.74) is 0.0580. The van der Waals surface area contributed by atoms with E-state index in [1.807, 2.05) is 0 Å². The fourth-order valence-corrected chi connectivity index (χ4v) is 2.19. The van der Waals surface area contributed by atoms with Gasteiger partial charge in [0.05, 0.1) is 17.4 Å². The summed E-state index contributed by atoms with van der Waals surface area (Å²) in [4.78, 5) is 22.5. The molecule has 1 heterocycles. The highest BCUT2D eigenvalue weighted by Gasteiger charge is 2.29. The molecule has 0 saturated carbocycles. The minimum Gasteiger partial charge on any atom is -0.478 e. The molecule has 0 fully saturated rings. The maximum Gasteiger partial charge on any atom is 0.339 e. The third-order valence-electron chi connectivity index (χ3n) is 3.32. The van der Waals surface area contributed by atoms with Gasteiger partial charge < -0.3 is 9.84 Å². The van der Waals surface area contributed by atoms with Crippen molar-refractivity contribution in [3.8, 4) is 11.3 Å². The summed E-state index contributed by atoms with van der Waals surface area (Å²) < 4.78 is 19.6. The second-order valence-corrected chi connectivity index (χ2v) is 5.72. The molecule has 0 radical (unpaired) electrons. The Balaban J connectivity index is 2.54. The van der Waals surface area contributed by atoms with Crippen molar-refractivity contribution >= 4 is 11.9 Å². The normalized spacial score (nSPS) is 11.3. The molecule has 0 atom stereocenters. The molecule has 1 N–H and O–H groups in total. The van der Waals surface area contributed by atoms with Crippen molar-refractivity contribution in [3.63, 3.8) is 0 Å². The molecule has 7 heteroatoms. The first-order chi connectivity index (χ1) is 10.7. The number of nitrogens with zero attached hydrogens (tertiary/aromatic N) is 2. The lowest BCUT2D eigenvalue weighted by atomic mass is 10.0. The molecule has 2 aromatic rings. The number of hydrogen-bond donors (Lipinski definition) is 1. The lowest BCUT2D eigenvalue weighted by molar-refractivity contribution is -0.143. The molecule has 0 aliphatic heterocycles. The lowest BCUT2D eigenvalue weighted by Gasteiger charge is -2.27. The van der Waals surface area contributed by atoms with Gasteiger partial charge >= 0.3 is 11.9 Å². The van der Waals surface area contributed by atoms with Gasteiger partial charge in [0, 0.05) is 12.5 Å². The second kappa shape index (κ2) is 6.20. The first kappa shape index (κ1) is 16.7. The van der Waals surface area contributed by atoms with Crippen molar-refractivity contribution < 1.29 is 23.8 Å². The van der Waals surface area contributed by atoms with E-state index in [0.717, 1.165) is 0 Å². The highest BCUT2D eigenvalue weighted by atomic mass is 19.1. The molecule has 1 aromatic heterocycles. The first-order valence-electron chi connectivity index (χ1n) is 6.93. The number of carbonyl (C=O) groups excluding carboxylic acids is 1. The van der Waals surface area contributed by atoms with E-state index in [2.05, 4.69) is 5.10 Å². The van der Waals surface area contributed by atoms with Gasteiger partial charge in [-0.3, -0.25) is 9.48 Å². The maximum atomic E-state index is 13.1. The Morgan fingerprint density at radius 3 is 2.43 bits per heavy atom. The van der Waals surface area contributed by atoms with Gasteiger partial charge in [0.2, 0.25) is 0 Å². The number of carboxylic acids is 1. The van der Waals surface area contributed by atoms with Crippen LogP contribution in [0.1, 0.15) is 31.1 Å². The van der Waals surface area contributed by atoms with Crippen LogP contribution in [0.4, 0.5) is 4.39 Å². The molecule has 0 spiro atoms. The predicted molar refractivity (Wildman–Crippen MR) is 80.5 cm³/mol. The van der Waals surface area contributed by atoms with Gasteiger partial charge in [0.1, 0.15) is 18.0 Å². The fourth-order valence-electron chi connectivity index (χ4n) is 2.19. The molecule has 0 aliphatic rings. The molecule has 6 nitrogen and oxygen atoms in total. The van der Waals surface area contributed by atoms with Crippen molar-refractivity contribution in [1.29, 1.82) is 0 Å². The number of esters is 1. The van der Waals surface area contributed by atoms with Crippen LogP contribution in [0.3, 0.4) is 0 Å². The van der Waals surface area contributed by atoms with Crippen LogP contribution < -0.4 is 0 Å². The highest BCUT2D eigenvalue weighted by molar-refractivity contribution is 5.94. The Bertz CT molecular complexity index is 735. The quantitative estimate of drug-likeness (QED) is 0.857. The molecule has 1 aromatic carbocycles. The predicted octanol–water partition coefficient (Wildman–Crippen LogP) is 2.69. The zero-order valence-corrected chi connectivity index (χ0v) is 13.0. The molecule has 0 bridgehead atoms. The van der Waals surface area contributed by atoms with Crippen LogP contribution in [0, 0.1) is 5.82 Å². The number of carbonyl (C=O) groups is 2. The number of aromatic nitrogens is 2. The van der Waals surface area contributed by atoms with Gasteiger partial charge in [-0.15, -0.1) is 0 Å². The van der Waals surface area contributed by atoms with Crippen molar-refractivity contribution in [2.75, 3.05) is 6.61 Å². The van der Waals surface area contributed by atoms with Crippen LogP contribution in [-0.4, -0.2) is 33.4 Å². The molecule has 0 amide bonds. The van der Waals surface area contributed by atoms with Crippen LogP contribution in [0.25, 0.3) is 11.3 Å².